The van der Waals surface area contributed by atoms with Gasteiger partial charge in [-0.05, 0) is 0 Å². The molecule has 25 heavy (non-hydrogen) atoms. The average Bonchev–Trinajstić information content (AvgIpc) is 2.98. The first-order valence-corrected chi connectivity index (χ1v) is 11.2. The van der Waals surface area contributed by atoms with E-state index in [0.29, 0.717) is 5.88 Å². The predicted octanol–water partition coefficient (Wildman–Crippen LogP) is 3.98. The Balaban J connectivity index is 1.88. The van der Waals surface area contributed by atoms with Crippen LogP contribution in [0.3, 0.4) is 0 Å². The fourth-order valence-electron chi connectivity index (χ4n) is 3.01. The number of aromatic nitrogens is 2. The fraction of sp³-hybridized carbons (Fsp3) is 0.158. The maximum absolute atomic E-state index is 6.20. The molecule has 0 saturated carbocycles. The van der Waals surface area contributed by atoms with Crippen LogP contribution < -0.4 is 8.53 Å². The number of halogens is 1. The third-order valence-corrected chi connectivity index (χ3v) is 6.38. The first-order valence-electron chi connectivity index (χ1n) is 7.98. The summed E-state index contributed by atoms with van der Waals surface area (Å²) in [5, 5.41) is 3.07. The number of hydrogen-bond donors (Lipinski definition) is 0. The van der Waals surface area contributed by atoms with Crippen LogP contribution in [0.25, 0.3) is 16.8 Å². The number of pyridine rings is 1. The summed E-state index contributed by atoms with van der Waals surface area (Å²) in [4.78, 5) is 9.16. The molecule has 1 aliphatic heterocycles. The Morgan fingerprint density at radius 2 is 2.12 bits per heavy atom. The Kier molecular flexibility index (Phi) is 5.07. The first kappa shape index (κ1) is 17.0. The van der Waals surface area contributed by atoms with Gasteiger partial charge in [0.05, 0.1) is 0 Å². The van der Waals surface area contributed by atoms with Crippen molar-refractivity contribution in [2.24, 2.45) is 0 Å². The second kappa shape index (κ2) is 7.44. The van der Waals surface area contributed by atoms with E-state index in [1.807, 2.05) is 18.2 Å². The van der Waals surface area contributed by atoms with Crippen molar-refractivity contribution in [3.8, 4) is 22.9 Å². The molecular weight excluding hydrogens is 459 g/mol. The van der Waals surface area contributed by atoms with E-state index in [4.69, 9.17) is 9.72 Å². The number of alkyl halides is 1. The van der Waals surface area contributed by atoms with Crippen LogP contribution in [0.1, 0.15) is 17.5 Å². The van der Waals surface area contributed by atoms with Gasteiger partial charge in [-0.2, -0.15) is 0 Å². The van der Waals surface area contributed by atoms with Gasteiger partial charge in [-0.1, -0.05) is 0 Å². The maximum atomic E-state index is 6.20. The Labute approximate surface area is 167 Å². The van der Waals surface area contributed by atoms with Gasteiger partial charge in [0.25, 0.3) is 0 Å². The van der Waals surface area contributed by atoms with Gasteiger partial charge in [0.2, 0.25) is 0 Å². The van der Waals surface area contributed by atoms with Gasteiger partial charge < -0.3 is 0 Å². The molecule has 3 heterocycles. The monoisotopic (exact) mass is 474 g/mol. The number of ether oxygens (including phenoxy) is 1. The topological polar surface area (TPSA) is 35.0 Å². The predicted molar refractivity (Wildman–Crippen MR) is 110 cm³/mol. The molecule has 1 aromatic carbocycles. The van der Waals surface area contributed by atoms with Crippen molar-refractivity contribution in [1.82, 2.24) is 9.97 Å². The van der Waals surface area contributed by atoms with E-state index in [-0.39, 0.29) is 0 Å². The van der Waals surface area contributed by atoms with Crippen LogP contribution in [-0.2, 0) is 6.42 Å². The van der Waals surface area contributed by atoms with Gasteiger partial charge in [0.15, 0.2) is 0 Å². The summed E-state index contributed by atoms with van der Waals surface area (Å²) in [7, 11) is 0. The number of hydrogen-bond acceptors (Lipinski definition) is 4. The van der Waals surface area contributed by atoms with Crippen molar-refractivity contribution in [2.45, 2.75) is 12.8 Å². The van der Waals surface area contributed by atoms with Gasteiger partial charge in [0, 0.05) is 0 Å². The average molecular weight is 475 g/mol. The summed E-state index contributed by atoms with van der Waals surface area (Å²) in [6.07, 6.45) is 5.85. The van der Waals surface area contributed by atoms with Gasteiger partial charge in [0.1, 0.15) is 0 Å². The summed E-state index contributed by atoms with van der Waals surface area (Å²) < 4.78 is 7.33. The van der Waals surface area contributed by atoms with Gasteiger partial charge >= 0.3 is 168 Å². The molecule has 0 radical (unpaired) electrons. The molecule has 2 aromatic heterocycles. The molecule has 1 unspecified atom stereocenters. The number of thiazole rings is 1. The van der Waals surface area contributed by atoms with Crippen LogP contribution in [0.5, 0.6) is 11.6 Å². The summed E-state index contributed by atoms with van der Waals surface area (Å²) in [5.74, 6) is 1.55. The quantitative estimate of drug-likeness (QED) is 0.425. The van der Waals surface area contributed by atoms with Crippen LogP contribution in [0.2, 0.25) is 0 Å². The summed E-state index contributed by atoms with van der Waals surface area (Å²) in [5.41, 5.74) is 5.69. The minimum atomic E-state index is 0.678. The number of benzene rings is 1. The molecular formula is C19H16AsBrN2OS. The van der Waals surface area contributed by atoms with Gasteiger partial charge in [-0.25, -0.2) is 0 Å². The summed E-state index contributed by atoms with van der Waals surface area (Å²) in [6.45, 7) is 0. The van der Waals surface area contributed by atoms with Crippen molar-refractivity contribution >= 4 is 53.5 Å². The summed E-state index contributed by atoms with van der Waals surface area (Å²) >= 11 is 6.78. The zero-order valence-corrected chi connectivity index (χ0v) is 18.2. The zero-order valence-electron chi connectivity index (χ0n) is 13.4. The Bertz CT molecular complexity index is 954. The molecule has 0 spiro atoms. The van der Waals surface area contributed by atoms with E-state index in [1.165, 1.54) is 11.1 Å². The normalized spacial score (nSPS) is 14.6. The van der Waals surface area contributed by atoms with Crippen molar-refractivity contribution < 1.29 is 4.74 Å². The third-order valence-electron chi connectivity index (χ3n) is 4.12. The van der Waals surface area contributed by atoms with Crippen molar-refractivity contribution in [1.29, 1.82) is 0 Å². The van der Waals surface area contributed by atoms with E-state index >= 15 is 0 Å². The molecule has 3 aromatic rings. The molecule has 1 aliphatic rings. The van der Waals surface area contributed by atoms with E-state index in [0.717, 1.165) is 44.5 Å². The summed E-state index contributed by atoms with van der Waals surface area (Å²) in [6, 6.07) is 10.2. The van der Waals surface area contributed by atoms with E-state index in [1.54, 1.807) is 34.4 Å². The van der Waals surface area contributed by atoms with Crippen LogP contribution in [0.15, 0.2) is 48.0 Å². The molecule has 0 amide bonds. The van der Waals surface area contributed by atoms with Crippen molar-refractivity contribution in [2.75, 3.05) is 5.33 Å². The zero-order chi connectivity index (χ0) is 17.2. The number of rotatable bonds is 3. The number of allylic oxidation sites excluding steroid dienone is 2. The van der Waals surface area contributed by atoms with E-state index in [2.05, 4.69) is 44.5 Å². The van der Waals surface area contributed by atoms with E-state index in [9.17, 15) is 0 Å². The van der Waals surface area contributed by atoms with Crippen LogP contribution in [0, 0.1) is 0 Å². The van der Waals surface area contributed by atoms with Gasteiger partial charge in [-0.15, -0.1) is 0 Å². The molecule has 4 rings (SSSR count). The molecule has 0 bridgehead atoms. The SMILES string of the molecule is [AsH2]c1nc(-c2cccc3c2CC(=CCCBr)c2cccnc2O3)cs1. The molecule has 6 heteroatoms. The van der Waals surface area contributed by atoms with Gasteiger partial charge in [-0.3, -0.25) is 0 Å². The van der Waals surface area contributed by atoms with Crippen molar-refractivity contribution in [3.05, 3.63) is 59.1 Å². The second-order valence-electron chi connectivity index (χ2n) is 5.70. The fourth-order valence-corrected chi connectivity index (χ4v) is 4.52. The molecule has 0 aliphatic carbocycles. The second-order valence-corrected chi connectivity index (χ2v) is 9.40. The standard InChI is InChI=1S/C19H16AsBrN2OS/c20-19-23-16(11-25-19)14-5-1-7-17-15(14)10-12(4-2-8-21)13-6-3-9-22-18(13)24-17/h1,3-7,9,11H,2,8,10,20H2. The first-order chi connectivity index (χ1) is 12.3. The molecule has 1 atom stereocenters. The number of fused-ring (bicyclic) bond motifs is 2. The molecule has 0 saturated heterocycles. The molecule has 126 valence electrons. The molecule has 0 fully saturated rings. The Morgan fingerprint density at radius 1 is 1.24 bits per heavy atom. The van der Waals surface area contributed by atoms with Crippen LogP contribution in [0.4, 0.5) is 0 Å². The third kappa shape index (κ3) is 3.46. The number of nitrogens with zero attached hydrogens (tertiary/aromatic N) is 2. The van der Waals surface area contributed by atoms with E-state index < -0.39 is 0 Å². The van der Waals surface area contributed by atoms with Crippen molar-refractivity contribution in [3.63, 3.8) is 0 Å². The molecule has 0 N–H and O–H groups in total. The van der Waals surface area contributed by atoms with Crippen LogP contribution in [-0.4, -0.2) is 32.2 Å². The van der Waals surface area contributed by atoms with Crippen LogP contribution >= 0.6 is 27.3 Å². The Hall–Kier alpha value is -1.42. The Morgan fingerprint density at radius 3 is 2.92 bits per heavy atom. The molecule has 3 nitrogen and oxygen atoms in total. The minimum absolute atomic E-state index is 0.678.